The summed E-state index contributed by atoms with van der Waals surface area (Å²) in [6.45, 7) is 5.35. The fourth-order valence-corrected chi connectivity index (χ4v) is 3.84. The van der Waals surface area contributed by atoms with Crippen LogP contribution in [0, 0.1) is 5.92 Å². The molecular weight excluding hydrogens is 430 g/mol. The van der Waals surface area contributed by atoms with E-state index in [0.29, 0.717) is 46.9 Å². The van der Waals surface area contributed by atoms with Gasteiger partial charge in [0.2, 0.25) is 5.95 Å². The third-order valence-corrected chi connectivity index (χ3v) is 5.75. The number of methoxy groups -OCH3 is 1. The Balaban J connectivity index is 1.57. The molecule has 1 saturated heterocycles. The largest absolute Gasteiger partial charge is 0.495 e. The van der Waals surface area contributed by atoms with E-state index in [2.05, 4.69) is 20.4 Å². The minimum Gasteiger partial charge on any atom is -0.495 e. The number of ether oxygens (including phenoxy) is 2. The molecule has 168 valence electrons. The van der Waals surface area contributed by atoms with Crippen LogP contribution in [0.15, 0.2) is 36.8 Å². The van der Waals surface area contributed by atoms with Gasteiger partial charge in [0.05, 0.1) is 35.9 Å². The Morgan fingerprint density at radius 2 is 2.06 bits per heavy atom. The maximum Gasteiger partial charge on any atom is 0.227 e. The number of aromatic nitrogens is 4. The first-order valence-electron chi connectivity index (χ1n) is 10.6. The fraction of sp³-hybridized carbons (Fsp3) is 0.391. The summed E-state index contributed by atoms with van der Waals surface area (Å²) in [5.41, 5.74) is 2.67. The lowest BCUT2D eigenvalue weighted by atomic mass is 9.91. The van der Waals surface area contributed by atoms with E-state index >= 15 is 0 Å². The molecule has 0 saturated carbocycles. The SMILES string of the molecule is COc1cc(C(=O)C2CCOCC2)ccc1Nc1ncc(Cl)c(-c2cnn(C(C)C)c2)n1. The van der Waals surface area contributed by atoms with Gasteiger partial charge in [-0.3, -0.25) is 9.48 Å². The zero-order valence-electron chi connectivity index (χ0n) is 18.3. The number of hydrogen-bond donors (Lipinski definition) is 1. The van der Waals surface area contributed by atoms with E-state index in [1.165, 1.54) is 0 Å². The van der Waals surface area contributed by atoms with Gasteiger partial charge in [-0.05, 0) is 44.9 Å². The summed E-state index contributed by atoms with van der Waals surface area (Å²) in [7, 11) is 1.57. The molecule has 0 amide bonds. The Hall–Kier alpha value is -2.97. The lowest BCUT2D eigenvalue weighted by molar-refractivity contribution is 0.0544. The smallest absolute Gasteiger partial charge is 0.227 e. The van der Waals surface area contributed by atoms with Crippen molar-refractivity contribution in [3.8, 4) is 17.0 Å². The maximum absolute atomic E-state index is 12.8. The molecule has 1 aromatic carbocycles. The van der Waals surface area contributed by atoms with Crippen molar-refractivity contribution in [1.82, 2.24) is 19.7 Å². The zero-order chi connectivity index (χ0) is 22.7. The van der Waals surface area contributed by atoms with Crippen molar-refractivity contribution in [2.75, 3.05) is 25.6 Å². The second-order valence-corrected chi connectivity index (χ2v) is 8.39. The summed E-state index contributed by atoms with van der Waals surface area (Å²) in [5.74, 6) is 1.01. The van der Waals surface area contributed by atoms with Gasteiger partial charge < -0.3 is 14.8 Å². The predicted molar refractivity (Wildman–Crippen MR) is 123 cm³/mol. The number of rotatable bonds is 7. The van der Waals surface area contributed by atoms with Gasteiger partial charge in [-0.15, -0.1) is 0 Å². The van der Waals surface area contributed by atoms with E-state index in [1.54, 1.807) is 37.7 Å². The fourth-order valence-electron chi connectivity index (χ4n) is 3.64. The number of ketones is 1. The van der Waals surface area contributed by atoms with Crippen LogP contribution in [-0.2, 0) is 4.74 Å². The summed E-state index contributed by atoms with van der Waals surface area (Å²) in [6, 6.07) is 5.59. The highest BCUT2D eigenvalue weighted by atomic mass is 35.5. The van der Waals surface area contributed by atoms with Crippen molar-refractivity contribution in [3.63, 3.8) is 0 Å². The second-order valence-electron chi connectivity index (χ2n) is 7.98. The highest BCUT2D eigenvalue weighted by molar-refractivity contribution is 6.32. The standard InChI is InChI=1S/C23H26ClN5O3/c1-14(2)29-13-17(11-26-29)21-18(24)12-25-23(28-21)27-19-5-4-16(10-20(19)31-3)22(30)15-6-8-32-9-7-15/h4-5,10-15H,6-9H2,1-3H3,(H,25,27,28). The number of nitrogens with zero attached hydrogens (tertiary/aromatic N) is 4. The monoisotopic (exact) mass is 455 g/mol. The average Bonchev–Trinajstić information content (AvgIpc) is 3.31. The minimum absolute atomic E-state index is 0.0128. The summed E-state index contributed by atoms with van der Waals surface area (Å²) in [5, 5.41) is 7.96. The number of carbonyl (C=O) groups is 1. The molecule has 4 rings (SSSR count). The number of anilines is 2. The van der Waals surface area contributed by atoms with Crippen LogP contribution in [0.3, 0.4) is 0 Å². The summed E-state index contributed by atoms with van der Waals surface area (Å²) in [6.07, 6.45) is 6.68. The Labute approximate surface area is 191 Å². The molecule has 0 bridgehead atoms. The van der Waals surface area contributed by atoms with Crippen molar-refractivity contribution in [2.24, 2.45) is 5.92 Å². The van der Waals surface area contributed by atoms with Crippen LogP contribution in [-0.4, -0.2) is 45.9 Å². The molecule has 2 aromatic heterocycles. The third-order valence-electron chi connectivity index (χ3n) is 5.47. The number of benzene rings is 1. The highest BCUT2D eigenvalue weighted by Gasteiger charge is 2.23. The number of hydrogen-bond acceptors (Lipinski definition) is 7. The molecular formula is C23H26ClN5O3. The number of halogens is 1. The van der Waals surface area contributed by atoms with E-state index in [1.807, 2.05) is 24.7 Å². The van der Waals surface area contributed by atoms with Gasteiger partial charge in [0.15, 0.2) is 5.78 Å². The Bertz CT molecular complexity index is 1110. The molecule has 1 aliphatic rings. The topological polar surface area (TPSA) is 91.2 Å². The van der Waals surface area contributed by atoms with Crippen molar-refractivity contribution in [2.45, 2.75) is 32.7 Å². The Kier molecular flexibility index (Phi) is 6.72. The average molecular weight is 456 g/mol. The van der Waals surface area contributed by atoms with Crippen LogP contribution < -0.4 is 10.1 Å². The molecule has 9 heteroatoms. The summed E-state index contributed by atoms with van der Waals surface area (Å²) in [4.78, 5) is 21.7. The quantitative estimate of drug-likeness (QED) is 0.504. The van der Waals surface area contributed by atoms with E-state index in [-0.39, 0.29) is 17.7 Å². The van der Waals surface area contributed by atoms with Crippen LogP contribution in [0.25, 0.3) is 11.3 Å². The van der Waals surface area contributed by atoms with Crippen LogP contribution >= 0.6 is 11.6 Å². The second kappa shape index (κ2) is 9.67. The number of Topliss-reactive ketones (excluding diaryl/α,β-unsaturated/α-hetero) is 1. The maximum atomic E-state index is 12.8. The van der Waals surface area contributed by atoms with Gasteiger partial charge in [-0.1, -0.05) is 11.6 Å². The molecule has 0 aliphatic carbocycles. The first kappa shape index (κ1) is 22.2. The lowest BCUT2D eigenvalue weighted by Crippen LogP contribution is -2.23. The first-order valence-corrected chi connectivity index (χ1v) is 11.0. The molecule has 0 radical (unpaired) electrons. The van der Waals surface area contributed by atoms with E-state index < -0.39 is 0 Å². The summed E-state index contributed by atoms with van der Waals surface area (Å²) < 4.78 is 12.7. The Morgan fingerprint density at radius 3 is 2.75 bits per heavy atom. The van der Waals surface area contributed by atoms with Crippen molar-refractivity contribution in [1.29, 1.82) is 0 Å². The van der Waals surface area contributed by atoms with Crippen molar-refractivity contribution >= 4 is 29.0 Å². The molecule has 0 spiro atoms. The van der Waals surface area contributed by atoms with Crippen molar-refractivity contribution in [3.05, 3.63) is 47.4 Å². The lowest BCUT2D eigenvalue weighted by Gasteiger charge is -2.21. The van der Waals surface area contributed by atoms with Gasteiger partial charge >= 0.3 is 0 Å². The molecule has 1 aliphatic heterocycles. The van der Waals surface area contributed by atoms with E-state index in [4.69, 9.17) is 21.1 Å². The minimum atomic E-state index is -0.0128. The van der Waals surface area contributed by atoms with Crippen LogP contribution in [0.1, 0.15) is 43.1 Å². The highest BCUT2D eigenvalue weighted by Crippen LogP contribution is 2.32. The van der Waals surface area contributed by atoms with Crippen LogP contribution in [0.5, 0.6) is 5.75 Å². The Morgan fingerprint density at radius 1 is 1.28 bits per heavy atom. The van der Waals surface area contributed by atoms with Gasteiger partial charge in [0.1, 0.15) is 5.75 Å². The molecule has 3 heterocycles. The number of nitrogens with one attached hydrogen (secondary N) is 1. The molecule has 8 nitrogen and oxygen atoms in total. The van der Waals surface area contributed by atoms with Gasteiger partial charge in [0, 0.05) is 42.5 Å². The van der Waals surface area contributed by atoms with Crippen molar-refractivity contribution < 1.29 is 14.3 Å². The van der Waals surface area contributed by atoms with Gasteiger partial charge in [-0.25, -0.2) is 9.97 Å². The van der Waals surface area contributed by atoms with E-state index in [9.17, 15) is 4.79 Å². The van der Waals surface area contributed by atoms with E-state index in [0.717, 1.165) is 18.4 Å². The van der Waals surface area contributed by atoms with Crippen LogP contribution in [0.2, 0.25) is 5.02 Å². The molecule has 1 N–H and O–H groups in total. The molecule has 1 fully saturated rings. The molecule has 0 atom stereocenters. The summed E-state index contributed by atoms with van der Waals surface area (Å²) >= 11 is 6.35. The normalized spacial score (nSPS) is 14.5. The predicted octanol–water partition coefficient (Wildman–Crippen LogP) is 4.94. The molecule has 3 aromatic rings. The zero-order valence-corrected chi connectivity index (χ0v) is 19.1. The molecule has 32 heavy (non-hydrogen) atoms. The van der Waals surface area contributed by atoms with Gasteiger partial charge in [-0.2, -0.15) is 5.10 Å². The third kappa shape index (κ3) is 4.76. The van der Waals surface area contributed by atoms with Crippen LogP contribution in [0.4, 0.5) is 11.6 Å². The van der Waals surface area contributed by atoms with Gasteiger partial charge in [0.25, 0.3) is 0 Å². The molecule has 0 unspecified atom stereocenters. The number of carbonyl (C=O) groups excluding carboxylic acids is 1. The first-order chi connectivity index (χ1) is 15.5.